The van der Waals surface area contributed by atoms with Gasteiger partial charge in [-0.05, 0) is 12.8 Å². The fourth-order valence-corrected chi connectivity index (χ4v) is 2.39. The molecule has 2 atom stereocenters. The molecule has 0 amide bonds. The lowest BCUT2D eigenvalue weighted by molar-refractivity contribution is -0.167. The van der Waals surface area contributed by atoms with Crippen LogP contribution in [0.2, 0.25) is 12.6 Å². The second-order valence-electron chi connectivity index (χ2n) is 4.84. The lowest BCUT2D eigenvalue weighted by Crippen LogP contribution is -2.27. The Labute approximate surface area is 105 Å². The van der Waals surface area contributed by atoms with Gasteiger partial charge in [-0.15, -0.1) is 0 Å². The standard InChI is InChI=1S/C13H22BO3/c1-3-5-11(14-2)7-4-6-10-8-9-12(15)17-13(10)16/h10-11H,3-9H2,1-2H3. The van der Waals surface area contributed by atoms with Gasteiger partial charge in [-0.25, -0.2) is 0 Å². The third-order valence-corrected chi connectivity index (χ3v) is 3.50. The first kappa shape index (κ1) is 14.3. The molecule has 0 aromatic rings. The minimum Gasteiger partial charge on any atom is -0.393 e. The summed E-state index contributed by atoms with van der Waals surface area (Å²) in [5.74, 6) is -0.0566. The average Bonchev–Trinajstić information content (AvgIpc) is 2.30. The summed E-state index contributed by atoms with van der Waals surface area (Å²) in [7, 11) is 2.26. The maximum atomic E-state index is 11.4. The van der Waals surface area contributed by atoms with Crippen LogP contribution < -0.4 is 0 Å². The van der Waals surface area contributed by atoms with Gasteiger partial charge in [0.25, 0.3) is 0 Å². The van der Waals surface area contributed by atoms with E-state index in [1.54, 1.807) is 0 Å². The molecule has 1 saturated heterocycles. The summed E-state index contributed by atoms with van der Waals surface area (Å²) >= 11 is 0. The van der Waals surface area contributed by atoms with E-state index in [1.165, 1.54) is 12.8 Å². The van der Waals surface area contributed by atoms with Crippen molar-refractivity contribution in [2.75, 3.05) is 0 Å². The molecule has 0 spiro atoms. The van der Waals surface area contributed by atoms with Crippen LogP contribution in [0.4, 0.5) is 0 Å². The van der Waals surface area contributed by atoms with E-state index in [0.717, 1.165) is 19.3 Å². The van der Waals surface area contributed by atoms with Crippen molar-refractivity contribution in [2.45, 2.75) is 64.5 Å². The number of ether oxygens (including phenoxy) is 1. The molecular weight excluding hydrogens is 215 g/mol. The Balaban J connectivity index is 2.21. The lowest BCUT2D eigenvalue weighted by Gasteiger charge is -2.20. The van der Waals surface area contributed by atoms with Crippen LogP contribution in [0.5, 0.6) is 0 Å². The Bertz CT molecular complexity index is 265. The van der Waals surface area contributed by atoms with Crippen LogP contribution in [-0.4, -0.2) is 19.2 Å². The smallest absolute Gasteiger partial charge is 0.316 e. The Morgan fingerprint density at radius 1 is 1.41 bits per heavy atom. The maximum Gasteiger partial charge on any atom is 0.316 e. The van der Waals surface area contributed by atoms with Crippen molar-refractivity contribution in [1.29, 1.82) is 0 Å². The molecule has 0 saturated carbocycles. The molecule has 1 aliphatic heterocycles. The summed E-state index contributed by atoms with van der Waals surface area (Å²) < 4.78 is 4.64. The van der Waals surface area contributed by atoms with Crippen LogP contribution >= 0.6 is 0 Å². The van der Waals surface area contributed by atoms with Gasteiger partial charge >= 0.3 is 11.9 Å². The summed E-state index contributed by atoms with van der Waals surface area (Å²) in [6.07, 6.45) is 6.55. The first-order chi connectivity index (χ1) is 8.17. The fraction of sp³-hybridized carbons (Fsp3) is 0.846. The van der Waals surface area contributed by atoms with Crippen molar-refractivity contribution in [3.63, 3.8) is 0 Å². The van der Waals surface area contributed by atoms with E-state index in [4.69, 9.17) is 0 Å². The molecule has 3 nitrogen and oxygen atoms in total. The molecule has 2 unspecified atom stereocenters. The Hall–Kier alpha value is -0.795. The predicted octanol–water partition coefficient (Wildman–Crippen LogP) is 2.98. The highest BCUT2D eigenvalue weighted by atomic mass is 16.6. The van der Waals surface area contributed by atoms with Crippen molar-refractivity contribution < 1.29 is 14.3 Å². The monoisotopic (exact) mass is 237 g/mol. The molecular formula is C13H22BO3. The summed E-state index contributed by atoms with van der Waals surface area (Å²) in [4.78, 5) is 22.3. The highest BCUT2D eigenvalue weighted by Crippen LogP contribution is 2.25. The summed E-state index contributed by atoms with van der Waals surface area (Å²) in [6.45, 7) is 4.30. The van der Waals surface area contributed by atoms with Crippen molar-refractivity contribution in [3.8, 4) is 0 Å². The van der Waals surface area contributed by atoms with Gasteiger partial charge in [0.1, 0.15) is 7.28 Å². The molecule has 0 aliphatic carbocycles. The van der Waals surface area contributed by atoms with E-state index >= 15 is 0 Å². The predicted molar refractivity (Wildman–Crippen MR) is 68.0 cm³/mol. The normalized spacial score (nSPS) is 22.1. The third kappa shape index (κ3) is 4.92. The first-order valence-corrected chi connectivity index (χ1v) is 6.71. The van der Waals surface area contributed by atoms with E-state index in [0.29, 0.717) is 18.7 Å². The molecule has 1 rings (SSSR count). The van der Waals surface area contributed by atoms with Crippen molar-refractivity contribution in [2.24, 2.45) is 5.92 Å². The molecule has 1 aliphatic rings. The van der Waals surface area contributed by atoms with Crippen molar-refractivity contribution in [3.05, 3.63) is 0 Å². The fourth-order valence-electron chi connectivity index (χ4n) is 2.39. The number of carbonyl (C=O) groups excluding carboxylic acids is 2. The Kier molecular flexibility index (Phi) is 6.31. The summed E-state index contributed by atoms with van der Waals surface area (Å²) in [5, 5.41) is 0. The molecule has 17 heavy (non-hydrogen) atoms. The van der Waals surface area contributed by atoms with Gasteiger partial charge < -0.3 is 4.74 Å². The zero-order chi connectivity index (χ0) is 12.7. The Morgan fingerprint density at radius 2 is 2.18 bits per heavy atom. The summed E-state index contributed by atoms with van der Waals surface area (Å²) in [6, 6.07) is 0. The first-order valence-electron chi connectivity index (χ1n) is 6.71. The highest BCUT2D eigenvalue weighted by Gasteiger charge is 2.28. The summed E-state index contributed by atoms with van der Waals surface area (Å²) in [5.41, 5.74) is 0. The number of hydrogen-bond acceptors (Lipinski definition) is 3. The van der Waals surface area contributed by atoms with Crippen LogP contribution in [0, 0.1) is 5.92 Å². The number of carbonyl (C=O) groups is 2. The van der Waals surface area contributed by atoms with Crippen LogP contribution in [0.25, 0.3) is 0 Å². The zero-order valence-electron chi connectivity index (χ0n) is 10.9. The number of hydrogen-bond donors (Lipinski definition) is 0. The van der Waals surface area contributed by atoms with Crippen LogP contribution in [0.3, 0.4) is 0 Å². The average molecular weight is 237 g/mol. The van der Waals surface area contributed by atoms with E-state index in [9.17, 15) is 9.59 Å². The van der Waals surface area contributed by atoms with Crippen molar-refractivity contribution >= 4 is 19.2 Å². The Morgan fingerprint density at radius 3 is 2.76 bits per heavy atom. The van der Waals surface area contributed by atoms with Gasteiger partial charge in [-0.3, -0.25) is 9.59 Å². The quantitative estimate of drug-likeness (QED) is 0.388. The van der Waals surface area contributed by atoms with Crippen LogP contribution in [0.15, 0.2) is 0 Å². The second kappa shape index (κ2) is 7.52. The topological polar surface area (TPSA) is 43.4 Å². The van der Waals surface area contributed by atoms with Crippen LogP contribution in [0.1, 0.15) is 51.9 Å². The molecule has 1 fully saturated rings. The molecule has 0 aromatic carbocycles. The number of cyclic esters (lactones) is 2. The van der Waals surface area contributed by atoms with E-state index in [1.807, 2.05) is 0 Å². The van der Waals surface area contributed by atoms with Gasteiger partial charge in [0, 0.05) is 6.42 Å². The molecule has 95 valence electrons. The molecule has 0 N–H and O–H groups in total. The van der Waals surface area contributed by atoms with Gasteiger partial charge in [0.05, 0.1) is 5.92 Å². The van der Waals surface area contributed by atoms with Gasteiger partial charge in [-0.2, -0.15) is 0 Å². The molecule has 1 radical (unpaired) electrons. The SMILES string of the molecule is C[B]C(CCC)CCCC1CCC(=O)OC1=O. The molecule has 0 aromatic heterocycles. The highest BCUT2D eigenvalue weighted by molar-refractivity contribution is 6.35. The van der Waals surface area contributed by atoms with Gasteiger partial charge in [-0.1, -0.05) is 45.2 Å². The molecule has 4 heteroatoms. The second-order valence-corrected chi connectivity index (χ2v) is 4.84. The van der Waals surface area contributed by atoms with Crippen molar-refractivity contribution in [1.82, 2.24) is 0 Å². The van der Waals surface area contributed by atoms with Crippen LogP contribution in [-0.2, 0) is 14.3 Å². The van der Waals surface area contributed by atoms with Gasteiger partial charge in [0.2, 0.25) is 0 Å². The minimum atomic E-state index is -0.364. The maximum absolute atomic E-state index is 11.4. The van der Waals surface area contributed by atoms with E-state index in [-0.39, 0.29) is 17.9 Å². The molecule has 0 bridgehead atoms. The third-order valence-electron chi connectivity index (χ3n) is 3.50. The zero-order valence-corrected chi connectivity index (χ0v) is 10.9. The lowest BCUT2D eigenvalue weighted by atomic mass is 9.63. The largest absolute Gasteiger partial charge is 0.393 e. The van der Waals surface area contributed by atoms with Gasteiger partial charge in [0.15, 0.2) is 0 Å². The minimum absolute atomic E-state index is 0.0492. The number of rotatable bonds is 7. The van der Waals surface area contributed by atoms with E-state index < -0.39 is 0 Å². The van der Waals surface area contributed by atoms with E-state index in [2.05, 4.69) is 25.8 Å². The number of esters is 2. The molecule has 1 heterocycles.